The van der Waals surface area contributed by atoms with E-state index >= 15 is 0 Å². The Morgan fingerprint density at radius 1 is 1.37 bits per heavy atom. The van der Waals surface area contributed by atoms with Gasteiger partial charge in [-0.1, -0.05) is 6.92 Å². The maximum absolute atomic E-state index is 12.8. The molecule has 1 saturated heterocycles. The molecule has 30 heavy (non-hydrogen) atoms. The van der Waals surface area contributed by atoms with Gasteiger partial charge in [0.2, 0.25) is 0 Å². The predicted molar refractivity (Wildman–Crippen MR) is 114 cm³/mol. The van der Waals surface area contributed by atoms with Crippen LogP contribution in [0.5, 0.6) is 0 Å². The van der Waals surface area contributed by atoms with E-state index in [9.17, 15) is 4.79 Å². The van der Waals surface area contributed by atoms with Crippen LogP contribution in [0, 0.1) is 18.3 Å². The quantitative estimate of drug-likeness (QED) is 0.698. The molecular weight excluding hydrogens is 378 g/mol. The third-order valence-electron chi connectivity index (χ3n) is 7.44. The van der Waals surface area contributed by atoms with Crippen molar-refractivity contribution < 1.29 is 9.53 Å². The Morgan fingerprint density at radius 3 is 3.03 bits per heavy atom. The van der Waals surface area contributed by atoms with E-state index in [0.29, 0.717) is 12.0 Å². The van der Waals surface area contributed by atoms with Crippen LogP contribution in [0.1, 0.15) is 43.0 Å². The predicted octanol–water partition coefficient (Wildman–Crippen LogP) is 3.53. The molecule has 7 nitrogen and oxygen atoms in total. The van der Waals surface area contributed by atoms with E-state index in [1.807, 2.05) is 26.1 Å². The average molecular weight is 406 g/mol. The first-order valence-corrected chi connectivity index (χ1v) is 10.9. The number of aromatic nitrogens is 4. The van der Waals surface area contributed by atoms with Crippen LogP contribution in [-0.4, -0.2) is 45.8 Å². The summed E-state index contributed by atoms with van der Waals surface area (Å²) in [4.78, 5) is 22.8. The smallest absolute Gasteiger partial charge is 0.255 e. The van der Waals surface area contributed by atoms with Crippen molar-refractivity contribution in [3.05, 3.63) is 29.0 Å². The first kappa shape index (κ1) is 18.1. The summed E-state index contributed by atoms with van der Waals surface area (Å²) < 4.78 is 5.59. The largest absolute Gasteiger partial charge is 0.368 e. The van der Waals surface area contributed by atoms with Crippen LogP contribution in [0.25, 0.3) is 22.6 Å². The van der Waals surface area contributed by atoms with Crippen LogP contribution in [0.3, 0.4) is 0 Å². The van der Waals surface area contributed by atoms with Crippen molar-refractivity contribution in [3.8, 4) is 11.5 Å². The Labute approximate surface area is 175 Å². The van der Waals surface area contributed by atoms with Crippen molar-refractivity contribution >= 4 is 22.6 Å². The standard InChI is InChI=1S/C23H27N5O2/c1-12-7-15-16(9-18(12)28(3)22(29)19-5-4-6-30-19)25-21(24-15)20-14-8-13-10-23(13,2)11-17(14)26-27-20/h7,9,13,19H,4-6,8,10-11H2,1-3H3,(H,24,25)(H,26,27)/t13-,19-,23-/m1/s1. The topological polar surface area (TPSA) is 86.9 Å². The third kappa shape index (κ3) is 2.64. The van der Waals surface area contributed by atoms with E-state index in [-0.39, 0.29) is 12.0 Å². The molecule has 0 spiro atoms. The molecule has 0 bridgehead atoms. The number of ether oxygens (including phenoxy) is 1. The van der Waals surface area contributed by atoms with E-state index < -0.39 is 0 Å². The number of hydrogen-bond acceptors (Lipinski definition) is 4. The number of nitrogens with zero attached hydrogens (tertiary/aromatic N) is 3. The van der Waals surface area contributed by atoms with Crippen LogP contribution in [0.2, 0.25) is 0 Å². The molecule has 2 N–H and O–H groups in total. The molecule has 2 aromatic heterocycles. The van der Waals surface area contributed by atoms with Gasteiger partial charge in [-0.05, 0) is 68.1 Å². The fraction of sp³-hybridized carbons (Fsp3) is 0.522. The summed E-state index contributed by atoms with van der Waals surface area (Å²) in [5.41, 5.74) is 7.71. The van der Waals surface area contributed by atoms with Crippen LogP contribution >= 0.6 is 0 Å². The number of likely N-dealkylation sites (N-methyl/N-ethyl adjacent to an activating group) is 1. The van der Waals surface area contributed by atoms with Crippen molar-refractivity contribution in [2.24, 2.45) is 11.3 Å². The van der Waals surface area contributed by atoms with Gasteiger partial charge in [0.15, 0.2) is 5.82 Å². The molecule has 7 heteroatoms. The molecule has 1 aliphatic heterocycles. The number of hydrogen-bond donors (Lipinski definition) is 2. The molecular formula is C23H27N5O2. The Balaban J connectivity index is 1.35. The van der Waals surface area contributed by atoms with Gasteiger partial charge < -0.3 is 14.6 Å². The highest BCUT2D eigenvalue weighted by Gasteiger charge is 2.53. The lowest BCUT2D eigenvalue weighted by molar-refractivity contribution is -0.127. The molecule has 2 fully saturated rings. The highest BCUT2D eigenvalue weighted by molar-refractivity contribution is 5.99. The number of H-pyrrole nitrogens is 2. The Kier molecular flexibility index (Phi) is 3.73. The summed E-state index contributed by atoms with van der Waals surface area (Å²) in [6.07, 6.45) is 4.88. The second kappa shape index (κ2) is 6.17. The molecule has 3 heterocycles. The highest BCUT2D eigenvalue weighted by Crippen LogP contribution is 2.59. The van der Waals surface area contributed by atoms with Crippen molar-refractivity contribution in [2.45, 2.75) is 52.1 Å². The number of aryl methyl sites for hydroxylation is 1. The molecule has 6 rings (SSSR count). The lowest BCUT2D eigenvalue weighted by atomic mass is 9.88. The van der Waals surface area contributed by atoms with Gasteiger partial charge in [-0.25, -0.2) is 4.98 Å². The van der Waals surface area contributed by atoms with Gasteiger partial charge in [0.1, 0.15) is 11.8 Å². The minimum atomic E-state index is -0.328. The monoisotopic (exact) mass is 405 g/mol. The Bertz CT molecular complexity index is 1170. The molecule has 1 saturated carbocycles. The number of rotatable bonds is 3. The molecule has 3 atom stereocenters. The zero-order chi connectivity index (χ0) is 20.6. The number of fused-ring (bicyclic) bond motifs is 3. The average Bonchev–Trinajstić information content (AvgIpc) is 3.18. The van der Waals surface area contributed by atoms with Crippen molar-refractivity contribution in [1.29, 1.82) is 0 Å². The van der Waals surface area contributed by atoms with Crippen LogP contribution in [0.4, 0.5) is 5.69 Å². The summed E-state index contributed by atoms with van der Waals surface area (Å²) in [7, 11) is 1.83. The maximum Gasteiger partial charge on any atom is 0.255 e. The fourth-order valence-electron chi connectivity index (χ4n) is 5.38. The third-order valence-corrected chi connectivity index (χ3v) is 7.44. The summed E-state index contributed by atoms with van der Waals surface area (Å²) in [5.74, 6) is 1.59. The Hall–Kier alpha value is -2.67. The van der Waals surface area contributed by atoms with Gasteiger partial charge in [-0.2, -0.15) is 5.10 Å². The number of benzene rings is 1. The second-order valence-electron chi connectivity index (χ2n) is 9.61. The molecule has 0 unspecified atom stereocenters. The van der Waals surface area contributed by atoms with E-state index in [1.54, 1.807) is 4.90 Å². The Morgan fingerprint density at radius 2 is 2.23 bits per heavy atom. The van der Waals surface area contributed by atoms with Crippen LogP contribution in [0.15, 0.2) is 12.1 Å². The van der Waals surface area contributed by atoms with Crippen LogP contribution < -0.4 is 4.90 Å². The van der Waals surface area contributed by atoms with Crippen molar-refractivity contribution in [2.75, 3.05) is 18.6 Å². The lowest BCUT2D eigenvalue weighted by Crippen LogP contribution is -2.36. The van der Waals surface area contributed by atoms with E-state index in [1.165, 1.54) is 17.7 Å². The van der Waals surface area contributed by atoms with Crippen LogP contribution in [-0.2, 0) is 22.4 Å². The minimum Gasteiger partial charge on any atom is -0.368 e. The summed E-state index contributed by atoms with van der Waals surface area (Å²) in [6.45, 7) is 5.06. The number of anilines is 1. The van der Waals surface area contributed by atoms with E-state index in [2.05, 4.69) is 22.1 Å². The van der Waals surface area contributed by atoms with E-state index in [0.717, 1.165) is 65.4 Å². The van der Waals surface area contributed by atoms with Gasteiger partial charge in [0.05, 0.1) is 11.0 Å². The number of carbonyl (C=O) groups excluding carboxylic acids is 1. The van der Waals surface area contributed by atoms with Crippen molar-refractivity contribution in [1.82, 2.24) is 20.2 Å². The number of carbonyl (C=O) groups is 1. The molecule has 3 aromatic rings. The summed E-state index contributed by atoms with van der Waals surface area (Å²) in [6, 6.07) is 4.06. The normalized spacial score (nSPS) is 27.2. The molecule has 1 aromatic carbocycles. The minimum absolute atomic E-state index is 0.0172. The first-order chi connectivity index (χ1) is 14.4. The van der Waals surface area contributed by atoms with Gasteiger partial charge in [0.25, 0.3) is 5.91 Å². The van der Waals surface area contributed by atoms with E-state index in [4.69, 9.17) is 9.72 Å². The number of imidazole rings is 1. The van der Waals surface area contributed by atoms with Gasteiger partial charge in [-0.3, -0.25) is 9.89 Å². The SMILES string of the molecule is Cc1cc2nc(-c3n[nH]c4c3C[C@@H]3C[C@]3(C)C4)[nH]c2cc1N(C)C(=O)[C@H]1CCCO1. The highest BCUT2D eigenvalue weighted by atomic mass is 16.5. The number of nitrogens with one attached hydrogen (secondary N) is 2. The molecule has 156 valence electrons. The maximum atomic E-state index is 12.8. The number of aromatic amines is 2. The molecule has 2 aliphatic carbocycles. The summed E-state index contributed by atoms with van der Waals surface area (Å²) >= 11 is 0. The second-order valence-corrected chi connectivity index (χ2v) is 9.61. The molecule has 0 radical (unpaired) electrons. The summed E-state index contributed by atoms with van der Waals surface area (Å²) in [5, 5.41) is 7.87. The van der Waals surface area contributed by atoms with Crippen molar-refractivity contribution in [3.63, 3.8) is 0 Å². The zero-order valence-electron chi connectivity index (χ0n) is 17.7. The van der Waals surface area contributed by atoms with Gasteiger partial charge in [0, 0.05) is 30.6 Å². The van der Waals surface area contributed by atoms with Gasteiger partial charge in [-0.15, -0.1) is 0 Å². The zero-order valence-corrected chi connectivity index (χ0v) is 17.7. The number of amides is 1. The molecule has 1 amide bonds. The fourth-order valence-corrected chi connectivity index (χ4v) is 5.38. The lowest BCUT2D eigenvalue weighted by Gasteiger charge is -2.22. The first-order valence-electron chi connectivity index (χ1n) is 10.9. The van der Waals surface area contributed by atoms with Gasteiger partial charge >= 0.3 is 0 Å². The molecule has 3 aliphatic rings.